The molecule has 0 radical (unpaired) electrons. The highest BCUT2D eigenvalue weighted by Crippen LogP contribution is 2.23. The van der Waals surface area contributed by atoms with E-state index < -0.39 is 27.8 Å². The number of aromatic nitrogens is 1. The van der Waals surface area contributed by atoms with Crippen LogP contribution in [0.25, 0.3) is 0 Å². The predicted octanol–water partition coefficient (Wildman–Crippen LogP) is 0.504. The summed E-state index contributed by atoms with van der Waals surface area (Å²) >= 11 is 0.940. The van der Waals surface area contributed by atoms with Gasteiger partial charge >= 0.3 is 5.97 Å². The van der Waals surface area contributed by atoms with Crippen LogP contribution in [0.1, 0.15) is 30.5 Å². The predicted molar refractivity (Wildman–Crippen MR) is 90.5 cm³/mol. The van der Waals surface area contributed by atoms with Gasteiger partial charge in [0, 0.05) is 19.3 Å². The van der Waals surface area contributed by atoms with Crippen molar-refractivity contribution in [2.45, 2.75) is 4.90 Å². The van der Waals surface area contributed by atoms with Gasteiger partial charge in [0.25, 0.3) is 11.8 Å². The number of carbonyl (C=O) groups excluding carboxylic acids is 3. The lowest BCUT2D eigenvalue weighted by molar-refractivity contribution is 0.0600. The molecule has 0 saturated heterocycles. The van der Waals surface area contributed by atoms with Crippen molar-refractivity contribution in [1.82, 2.24) is 14.6 Å². The zero-order valence-corrected chi connectivity index (χ0v) is 15.1. The third-order valence-electron chi connectivity index (χ3n) is 3.65. The van der Waals surface area contributed by atoms with Crippen molar-refractivity contribution in [3.63, 3.8) is 0 Å². The number of ether oxygens (including phenoxy) is 1. The Hall–Kier alpha value is -2.63. The number of sulfonamides is 1. The topological polar surface area (TPSA) is 123 Å². The number of esters is 1. The van der Waals surface area contributed by atoms with Gasteiger partial charge in [0.05, 0.1) is 12.7 Å². The van der Waals surface area contributed by atoms with E-state index >= 15 is 0 Å². The molecule has 2 amide bonds. The normalized spacial score (nSPS) is 13.8. The molecule has 2 aromatic rings. The fourth-order valence-electron chi connectivity index (χ4n) is 2.44. The third-order valence-corrected chi connectivity index (χ3v) is 6.17. The van der Waals surface area contributed by atoms with Crippen molar-refractivity contribution in [3.8, 4) is 0 Å². The lowest BCUT2D eigenvalue weighted by atomic mass is 10.2. The average Bonchev–Trinajstić information content (AvgIpc) is 3.22. The molecule has 0 saturated carbocycles. The number of carbonyl (C=O) groups is 3. The summed E-state index contributed by atoms with van der Waals surface area (Å²) in [6.07, 6.45) is 1.40. The Morgan fingerprint density at radius 2 is 2.08 bits per heavy atom. The van der Waals surface area contributed by atoms with Gasteiger partial charge in [-0.3, -0.25) is 19.5 Å². The van der Waals surface area contributed by atoms with Gasteiger partial charge in [-0.05, 0) is 23.6 Å². The first-order valence-electron chi connectivity index (χ1n) is 7.33. The summed E-state index contributed by atoms with van der Waals surface area (Å²) in [4.78, 5) is 40.6. The zero-order chi connectivity index (χ0) is 18.9. The highest BCUT2D eigenvalue weighted by Gasteiger charge is 2.36. The lowest BCUT2D eigenvalue weighted by Gasteiger charge is -2.14. The molecule has 1 N–H and O–H groups in total. The summed E-state index contributed by atoms with van der Waals surface area (Å²) in [5, 5.41) is 1.46. The monoisotopic (exact) mass is 395 g/mol. The van der Waals surface area contributed by atoms with Gasteiger partial charge in [-0.25, -0.2) is 17.9 Å². The van der Waals surface area contributed by atoms with Crippen LogP contribution in [0.3, 0.4) is 0 Å². The molecule has 1 aliphatic rings. The summed E-state index contributed by atoms with van der Waals surface area (Å²) < 4.78 is 31.6. The van der Waals surface area contributed by atoms with Crippen LogP contribution in [-0.2, 0) is 14.8 Å². The number of nitrogens with zero attached hydrogens (tertiary/aromatic N) is 2. The summed E-state index contributed by atoms with van der Waals surface area (Å²) in [6.45, 7) is -0.366. The average molecular weight is 395 g/mol. The van der Waals surface area contributed by atoms with E-state index in [9.17, 15) is 22.8 Å². The van der Waals surface area contributed by atoms with E-state index in [0.717, 1.165) is 23.3 Å². The minimum Gasteiger partial charge on any atom is -0.465 e. The molecule has 0 atom stereocenters. The Balaban J connectivity index is 1.69. The van der Waals surface area contributed by atoms with E-state index in [1.165, 1.54) is 23.7 Å². The van der Waals surface area contributed by atoms with Gasteiger partial charge in [0.1, 0.15) is 15.5 Å². The minimum atomic E-state index is -4.00. The summed E-state index contributed by atoms with van der Waals surface area (Å²) in [6, 6.07) is 4.31. The second kappa shape index (κ2) is 6.94. The molecule has 136 valence electrons. The molecular weight excluding hydrogens is 382 g/mol. The highest BCUT2D eigenvalue weighted by molar-refractivity contribution is 7.89. The van der Waals surface area contributed by atoms with Crippen molar-refractivity contribution in [2.24, 2.45) is 0 Å². The second-order valence-electron chi connectivity index (χ2n) is 5.16. The maximum Gasteiger partial charge on any atom is 0.349 e. The van der Waals surface area contributed by atoms with Crippen molar-refractivity contribution in [1.29, 1.82) is 0 Å². The molecule has 0 spiro atoms. The lowest BCUT2D eigenvalue weighted by Crippen LogP contribution is -2.38. The first-order chi connectivity index (χ1) is 12.4. The van der Waals surface area contributed by atoms with Gasteiger partial charge in [0.2, 0.25) is 10.0 Å². The number of hydrogen-bond donors (Lipinski definition) is 1. The van der Waals surface area contributed by atoms with Gasteiger partial charge in [-0.15, -0.1) is 11.3 Å². The van der Waals surface area contributed by atoms with E-state index in [1.54, 1.807) is 6.07 Å². The van der Waals surface area contributed by atoms with Gasteiger partial charge in [0.15, 0.2) is 0 Å². The van der Waals surface area contributed by atoms with Crippen molar-refractivity contribution < 1.29 is 27.5 Å². The molecule has 0 aromatic carbocycles. The Kier molecular flexibility index (Phi) is 4.85. The minimum absolute atomic E-state index is 0.0474. The number of rotatable bonds is 6. The van der Waals surface area contributed by atoms with Crippen LogP contribution in [0.2, 0.25) is 0 Å². The fourth-order valence-corrected chi connectivity index (χ4v) is 4.79. The number of hydrogen-bond acceptors (Lipinski definition) is 8. The van der Waals surface area contributed by atoms with Crippen LogP contribution in [0, 0.1) is 0 Å². The molecule has 3 heterocycles. The molecule has 3 rings (SSSR count). The summed E-state index contributed by atoms with van der Waals surface area (Å²) in [5.74, 6) is -1.86. The van der Waals surface area contributed by atoms with E-state index in [1.807, 2.05) is 0 Å². The van der Waals surface area contributed by atoms with Crippen LogP contribution in [0.5, 0.6) is 0 Å². The Morgan fingerprint density at radius 3 is 2.77 bits per heavy atom. The fraction of sp³-hybridized carbons (Fsp3) is 0.200. The highest BCUT2D eigenvalue weighted by atomic mass is 32.2. The van der Waals surface area contributed by atoms with Crippen molar-refractivity contribution >= 4 is 39.1 Å². The number of nitrogens with one attached hydrogen (secondary N) is 1. The summed E-state index contributed by atoms with van der Waals surface area (Å²) in [7, 11) is -2.85. The van der Waals surface area contributed by atoms with Gasteiger partial charge in [-0.1, -0.05) is 0 Å². The van der Waals surface area contributed by atoms with E-state index in [2.05, 4.69) is 14.4 Å². The molecule has 1 aliphatic heterocycles. The molecule has 0 unspecified atom stereocenters. The molecule has 0 fully saturated rings. The smallest absolute Gasteiger partial charge is 0.349 e. The van der Waals surface area contributed by atoms with E-state index in [-0.39, 0.29) is 34.1 Å². The van der Waals surface area contributed by atoms with Crippen LogP contribution in [0.4, 0.5) is 0 Å². The maximum absolute atomic E-state index is 12.4. The number of fused-ring (bicyclic) bond motifs is 1. The standard InChI is InChI=1S/C15H13N3O6S2/c1-24-15(21)12-10(4-8-25-12)26(22,23)17-6-7-18-13(19)9-3-2-5-16-11(9)14(18)20/h2-5,8,17H,6-7H2,1H3. The molecule has 11 heteroatoms. The van der Waals surface area contributed by atoms with Crippen LogP contribution < -0.4 is 4.72 Å². The first kappa shape index (κ1) is 18.2. The molecule has 26 heavy (non-hydrogen) atoms. The molecule has 0 aliphatic carbocycles. The van der Waals surface area contributed by atoms with E-state index in [0.29, 0.717) is 0 Å². The zero-order valence-electron chi connectivity index (χ0n) is 13.5. The Bertz CT molecular complexity index is 963. The Morgan fingerprint density at radius 1 is 1.31 bits per heavy atom. The Labute approximate surface area is 152 Å². The molecule has 9 nitrogen and oxygen atoms in total. The number of pyridine rings is 1. The molecule has 0 bridgehead atoms. The molecule has 2 aromatic heterocycles. The largest absolute Gasteiger partial charge is 0.465 e. The summed E-state index contributed by atoms with van der Waals surface area (Å²) in [5.41, 5.74) is 0.234. The quantitative estimate of drug-likeness (QED) is 0.558. The van der Waals surface area contributed by atoms with E-state index in [4.69, 9.17) is 0 Å². The van der Waals surface area contributed by atoms with Crippen molar-refractivity contribution in [2.75, 3.05) is 20.2 Å². The number of amides is 2. The van der Waals surface area contributed by atoms with Crippen LogP contribution >= 0.6 is 11.3 Å². The number of methoxy groups -OCH3 is 1. The molecular formula is C15H13N3O6S2. The third kappa shape index (κ3) is 3.11. The number of thiophene rings is 1. The SMILES string of the molecule is COC(=O)c1sccc1S(=O)(=O)NCCN1C(=O)c2cccnc2C1=O. The van der Waals surface area contributed by atoms with Crippen LogP contribution in [-0.4, -0.2) is 56.3 Å². The van der Waals surface area contributed by atoms with Gasteiger partial charge < -0.3 is 4.74 Å². The van der Waals surface area contributed by atoms with Crippen molar-refractivity contribution in [3.05, 3.63) is 45.9 Å². The van der Waals surface area contributed by atoms with Gasteiger partial charge in [-0.2, -0.15) is 0 Å². The number of imide groups is 1. The first-order valence-corrected chi connectivity index (χ1v) is 9.70. The maximum atomic E-state index is 12.4. The van der Waals surface area contributed by atoms with Crippen LogP contribution in [0.15, 0.2) is 34.7 Å². The second-order valence-corrected chi connectivity index (χ2v) is 7.82.